The first-order chi connectivity index (χ1) is 43.7. The van der Waals surface area contributed by atoms with Crippen LogP contribution in [0.1, 0.15) is 151 Å². The smallest absolute Gasteiger partial charge is 0.261 e. The molecule has 0 bridgehead atoms. The summed E-state index contributed by atoms with van der Waals surface area (Å²) >= 11 is 2.92. The summed E-state index contributed by atoms with van der Waals surface area (Å²) in [6.45, 7) is 24.8. The van der Waals surface area contributed by atoms with E-state index < -0.39 is 8.32 Å². The normalized spacial score (nSPS) is 11.5. The highest BCUT2D eigenvalue weighted by Crippen LogP contribution is 2.37. The number of benzene rings is 6. The lowest BCUT2D eigenvalue weighted by Crippen LogP contribution is -3.00. The Bertz CT molecular complexity index is 3290. The summed E-state index contributed by atoms with van der Waals surface area (Å²) in [6, 6.07) is 61.7. The molecule has 0 aliphatic carbocycles. The van der Waals surface area contributed by atoms with Gasteiger partial charge in [-0.1, -0.05) is 195 Å². The molecule has 6 aromatic carbocycles. The topological polar surface area (TPSA) is 88.5 Å². The van der Waals surface area contributed by atoms with Crippen molar-refractivity contribution in [2.24, 2.45) is 0 Å². The number of aldehydes is 2. The molecule has 1 N–H and O–H groups in total. The van der Waals surface area contributed by atoms with Crippen molar-refractivity contribution in [1.82, 2.24) is 0 Å². The number of halogens is 1. The quantitative estimate of drug-likeness (QED) is 0.0242. The summed E-state index contributed by atoms with van der Waals surface area (Å²) in [5.41, 5.74) is 6.18. The molecule has 0 atom stereocenters. The number of unbranched alkanes of at least 4 members (excludes halogenated alkanes) is 4. The molecular formula is C78H100FN3O6S2Si. The van der Waals surface area contributed by atoms with Crippen LogP contribution in [-0.2, 0) is 17.6 Å². The van der Waals surface area contributed by atoms with Crippen molar-refractivity contribution in [2.75, 3.05) is 76.4 Å². The van der Waals surface area contributed by atoms with Crippen LogP contribution in [0.2, 0.25) is 5.04 Å². The number of rotatable bonds is 34. The molecule has 0 aliphatic rings. The number of ether oxygens (including phenoxy) is 2. The van der Waals surface area contributed by atoms with Gasteiger partial charge in [-0.3, -0.25) is 9.59 Å². The molecule has 8 aromatic rings. The van der Waals surface area contributed by atoms with Crippen LogP contribution in [0.4, 0.5) is 11.4 Å². The SMILES string of the molecule is CCCC[N+](CCCC)(CCCC)CCCC.CN(CCO)c1ccc(/C=C/c2ccc(C=O)s2)c(OCc2ccccc2)c1.CN(CCO[Si](c1ccccc1)(c1ccccc1)C(C)(C)C)c1ccc(/C=C/c2ccc(C=O)s2)c(OCc2ccccc2)c1.[F-]. The fourth-order valence-electron chi connectivity index (χ4n) is 11.1. The maximum absolute atomic E-state index is 11.1. The van der Waals surface area contributed by atoms with E-state index in [2.05, 4.69) is 157 Å². The number of carbonyl (C=O) groups is 2. The molecule has 0 aliphatic heterocycles. The van der Waals surface area contributed by atoms with Crippen LogP contribution in [0.5, 0.6) is 11.5 Å². The van der Waals surface area contributed by atoms with E-state index in [1.54, 1.807) is 0 Å². The van der Waals surface area contributed by atoms with Crippen molar-refractivity contribution in [3.05, 3.63) is 224 Å². The van der Waals surface area contributed by atoms with Crippen molar-refractivity contribution in [1.29, 1.82) is 0 Å². The van der Waals surface area contributed by atoms with E-state index in [0.29, 0.717) is 36.1 Å². The van der Waals surface area contributed by atoms with Crippen LogP contribution < -0.4 is 34.4 Å². The van der Waals surface area contributed by atoms with Gasteiger partial charge in [0.05, 0.1) is 49.1 Å². The molecule has 91 heavy (non-hydrogen) atoms. The van der Waals surface area contributed by atoms with Crippen LogP contribution in [-0.4, -0.2) is 97.1 Å². The summed E-state index contributed by atoms with van der Waals surface area (Å²) in [5, 5.41) is 11.7. The maximum atomic E-state index is 11.1. The van der Waals surface area contributed by atoms with E-state index >= 15 is 0 Å². The Balaban J connectivity index is 0.000000278. The van der Waals surface area contributed by atoms with Gasteiger partial charge >= 0.3 is 0 Å². The number of hydrogen-bond donors (Lipinski definition) is 1. The highest BCUT2D eigenvalue weighted by atomic mass is 32.1. The van der Waals surface area contributed by atoms with E-state index in [1.807, 2.05) is 121 Å². The zero-order valence-electron chi connectivity index (χ0n) is 55.5. The molecule has 2 aromatic heterocycles. The number of nitrogens with zero attached hydrogens (tertiary/aromatic N) is 3. The minimum absolute atomic E-state index is 0. The second-order valence-corrected chi connectivity index (χ2v) is 30.7. The predicted molar refractivity (Wildman–Crippen MR) is 388 cm³/mol. The highest BCUT2D eigenvalue weighted by Gasteiger charge is 2.50. The van der Waals surface area contributed by atoms with Crippen molar-refractivity contribution in [3.8, 4) is 11.5 Å². The Kier molecular flexibility index (Phi) is 32.7. The van der Waals surface area contributed by atoms with Crippen molar-refractivity contribution >= 4 is 89.6 Å². The zero-order valence-corrected chi connectivity index (χ0v) is 58.2. The van der Waals surface area contributed by atoms with Gasteiger partial charge in [0, 0.05) is 71.6 Å². The Labute approximate surface area is 553 Å². The summed E-state index contributed by atoms with van der Waals surface area (Å²) < 4.78 is 21.1. The number of hydrogen-bond acceptors (Lipinski definition) is 10. The van der Waals surface area contributed by atoms with Crippen LogP contribution in [0, 0.1) is 0 Å². The number of anilines is 2. The van der Waals surface area contributed by atoms with Gasteiger partial charge in [-0.05, 0) is 125 Å². The number of quaternary nitrogens is 1. The standard InChI is InChI=1S/C39H41NO3SSi.C23H23NO3S.C16H36N.FH/c1-39(2,3)45(36-16-10-6-11-17-36,37-18-12-7-13-19-37)43-27-26-40(4)33-22-20-32(21-23-34-24-25-35(29-41)44-34)38(28-33)42-30-31-14-8-5-9-15-31;1-24(13-14-25)20-9-7-19(8-10-21-11-12-22(16-26)28-21)23(15-20)27-17-18-5-3-2-4-6-18;1-5-9-13-17(14-10-6-2,15-11-7-3)16-12-8-4;/h5-25,28-29H,26-27,30H2,1-4H3;2-12,15-16,25H,13-14,17H2,1H3;5-16H2,1-4H3;1H/q;;+1;/p-1/b23-21+;10-8+;;. The number of aliphatic hydroxyl groups excluding tert-OH is 1. The second-order valence-electron chi connectivity index (χ2n) is 24.1. The third-order valence-electron chi connectivity index (χ3n) is 16.3. The third-order valence-corrected chi connectivity index (χ3v) is 23.3. The van der Waals surface area contributed by atoms with Crippen LogP contribution in [0.15, 0.2) is 182 Å². The fourth-order valence-corrected chi connectivity index (χ4v) is 17.1. The van der Waals surface area contributed by atoms with Crippen molar-refractivity contribution in [2.45, 2.75) is 118 Å². The average Bonchev–Trinajstić information content (AvgIpc) is 1.13. The third kappa shape index (κ3) is 23.4. The molecule has 13 heteroatoms. The molecule has 0 unspecified atom stereocenters. The minimum Gasteiger partial charge on any atom is -1.00 e. The first-order valence-electron chi connectivity index (χ1n) is 32.4. The van der Waals surface area contributed by atoms with Gasteiger partial charge in [0.15, 0.2) is 12.6 Å². The molecule has 8 rings (SSSR count). The summed E-state index contributed by atoms with van der Waals surface area (Å²) in [7, 11) is 1.43. The van der Waals surface area contributed by atoms with Gasteiger partial charge in [0.2, 0.25) is 0 Å². The molecule has 0 amide bonds. The van der Waals surface area contributed by atoms with E-state index in [9.17, 15) is 14.7 Å². The maximum Gasteiger partial charge on any atom is 0.261 e. The average molecular weight is 1290 g/mol. The van der Waals surface area contributed by atoms with Gasteiger partial charge in [0.1, 0.15) is 24.7 Å². The Morgan fingerprint density at radius 3 is 1.19 bits per heavy atom. The van der Waals surface area contributed by atoms with Gasteiger partial charge < -0.3 is 38.0 Å². The van der Waals surface area contributed by atoms with Gasteiger partial charge in [-0.2, -0.15) is 0 Å². The molecule has 0 fully saturated rings. The van der Waals surface area contributed by atoms with E-state index in [4.69, 9.17) is 13.9 Å². The van der Waals surface area contributed by atoms with E-state index in [-0.39, 0.29) is 16.3 Å². The Morgan fingerprint density at radius 2 is 0.846 bits per heavy atom. The highest BCUT2D eigenvalue weighted by molar-refractivity contribution is 7.14. The summed E-state index contributed by atoms with van der Waals surface area (Å²) in [6.07, 6.45) is 20.9. The van der Waals surface area contributed by atoms with Crippen LogP contribution >= 0.6 is 22.7 Å². The zero-order chi connectivity index (χ0) is 64.5. The van der Waals surface area contributed by atoms with Crippen molar-refractivity contribution in [3.63, 3.8) is 0 Å². The first kappa shape index (κ1) is 74.5. The molecule has 0 spiro atoms. The number of likely N-dealkylation sites (N-methyl/N-ethyl adjacent to an activating group) is 2. The Morgan fingerprint density at radius 1 is 0.484 bits per heavy atom. The molecule has 9 nitrogen and oxygen atoms in total. The Hall–Kier alpha value is -7.23. The lowest BCUT2D eigenvalue weighted by molar-refractivity contribution is -0.929. The fraction of sp³-hybridized carbons (Fsp3) is 0.359. The number of thiophene rings is 2. The van der Waals surface area contributed by atoms with Crippen molar-refractivity contribution < 1.29 is 37.8 Å². The minimum atomic E-state index is -2.61. The summed E-state index contributed by atoms with van der Waals surface area (Å²) in [4.78, 5) is 29.7. The monoisotopic (exact) mass is 1290 g/mol. The predicted octanol–water partition coefficient (Wildman–Crippen LogP) is 15.1. The van der Waals surface area contributed by atoms with Gasteiger partial charge in [-0.25, -0.2) is 0 Å². The first-order valence-corrected chi connectivity index (χ1v) is 36.0. The second kappa shape index (κ2) is 39.9. The van der Waals surface area contributed by atoms with E-state index in [1.165, 1.54) is 115 Å². The van der Waals surface area contributed by atoms with Gasteiger partial charge in [0.25, 0.3) is 8.32 Å². The largest absolute Gasteiger partial charge is 1.00 e. The lowest BCUT2D eigenvalue weighted by atomic mass is 10.1. The lowest BCUT2D eigenvalue weighted by Gasteiger charge is -2.43. The molecule has 486 valence electrons. The van der Waals surface area contributed by atoms with Crippen LogP contribution in [0.3, 0.4) is 0 Å². The van der Waals surface area contributed by atoms with Crippen LogP contribution in [0.25, 0.3) is 24.3 Å². The summed E-state index contributed by atoms with van der Waals surface area (Å²) in [5.74, 6) is 1.58. The van der Waals surface area contributed by atoms with Gasteiger partial charge in [-0.15, -0.1) is 22.7 Å². The van der Waals surface area contributed by atoms with E-state index in [0.717, 1.165) is 74.0 Å². The number of aliphatic hydroxyl groups is 1. The molecule has 0 saturated heterocycles. The molecule has 0 saturated carbocycles. The molecular weight excluding hydrogens is 1190 g/mol. The molecule has 2 heterocycles. The number of carbonyl (C=O) groups excluding carboxylic acids is 2. The molecule has 0 radical (unpaired) electrons.